The van der Waals surface area contributed by atoms with Crippen LogP contribution in [0.2, 0.25) is 4.34 Å². The van der Waals surface area contributed by atoms with E-state index in [1.807, 2.05) is 0 Å². The number of anilines is 2. The Morgan fingerprint density at radius 1 is 1.15 bits per heavy atom. The molecule has 2 fully saturated rings. The lowest BCUT2D eigenvalue weighted by atomic mass is 10.1. The van der Waals surface area contributed by atoms with Crippen LogP contribution >= 0.6 is 22.9 Å². The number of halogens is 1. The van der Waals surface area contributed by atoms with E-state index in [9.17, 15) is 14.4 Å². The van der Waals surface area contributed by atoms with E-state index in [0.29, 0.717) is 53.1 Å². The summed E-state index contributed by atoms with van der Waals surface area (Å²) in [4.78, 5) is 40.9. The van der Waals surface area contributed by atoms with Crippen LogP contribution < -0.4 is 15.1 Å². The van der Waals surface area contributed by atoms with Gasteiger partial charge in [-0.3, -0.25) is 14.5 Å². The SMILES string of the molecule is O=C(NC[C@H]1CN(c2ccc(N3CCOC(CCCO)C3=O)cc2)C(=O)O1)c1ccc(Cl)s1. The zero-order valence-corrected chi connectivity index (χ0v) is 19.3. The number of thiophene rings is 1. The zero-order chi connectivity index (χ0) is 23.4. The molecule has 2 aliphatic rings. The van der Waals surface area contributed by atoms with E-state index >= 15 is 0 Å². The van der Waals surface area contributed by atoms with Crippen LogP contribution in [0.3, 0.4) is 0 Å². The van der Waals surface area contributed by atoms with Gasteiger partial charge in [-0.05, 0) is 49.2 Å². The summed E-state index contributed by atoms with van der Waals surface area (Å²) in [5, 5.41) is 11.8. The molecule has 0 saturated carbocycles. The number of carbonyl (C=O) groups excluding carboxylic acids is 3. The maximum atomic E-state index is 12.7. The van der Waals surface area contributed by atoms with Crippen molar-refractivity contribution in [2.75, 3.05) is 42.6 Å². The molecule has 9 nitrogen and oxygen atoms in total. The third kappa shape index (κ3) is 5.47. The maximum absolute atomic E-state index is 12.7. The quantitative estimate of drug-likeness (QED) is 0.585. The van der Waals surface area contributed by atoms with E-state index in [-0.39, 0.29) is 25.0 Å². The van der Waals surface area contributed by atoms with Crippen molar-refractivity contribution in [1.82, 2.24) is 5.32 Å². The minimum absolute atomic E-state index is 0.0147. The predicted molar refractivity (Wildman–Crippen MR) is 124 cm³/mol. The fourth-order valence-corrected chi connectivity index (χ4v) is 4.72. The molecule has 2 aliphatic heterocycles. The molecule has 0 radical (unpaired) electrons. The second-order valence-corrected chi connectivity index (χ2v) is 9.38. The second-order valence-electron chi connectivity index (χ2n) is 7.66. The molecule has 0 spiro atoms. The van der Waals surface area contributed by atoms with Gasteiger partial charge in [-0.25, -0.2) is 4.79 Å². The van der Waals surface area contributed by atoms with Gasteiger partial charge in [-0.2, -0.15) is 0 Å². The largest absolute Gasteiger partial charge is 0.442 e. The molecule has 0 bridgehead atoms. The third-order valence-electron chi connectivity index (χ3n) is 5.43. The number of aliphatic hydroxyl groups is 1. The number of amides is 3. The highest BCUT2D eigenvalue weighted by Crippen LogP contribution is 2.27. The molecule has 1 aromatic carbocycles. The number of ether oxygens (including phenoxy) is 2. The van der Waals surface area contributed by atoms with E-state index in [1.165, 1.54) is 16.2 Å². The zero-order valence-electron chi connectivity index (χ0n) is 17.7. The van der Waals surface area contributed by atoms with Crippen molar-refractivity contribution in [3.8, 4) is 0 Å². The Kier molecular flexibility index (Phi) is 7.49. The number of hydrogen-bond acceptors (Lipinski definition) is 7. The summed E-state index contributed by atoms with van der Waals surface area (Å²) in [6, 6.07) is 10.4. The van der Waals surface area contributed by atoms with Crippen LogP contribution in [0.25, 0.3) is 0 Å². The van der Waals surface area contributed by atoms with Crippen LogP contribution in [0.4, 0.5) is 16.2 Å². The Morgan fingerprint density at radius 2 is 1.88 bits per heavy atom. The highest BCUT2D eigenvalue weighted by molar-refractivity contribution is 7.18. The highest BCUT2D eigenvalue weighted by atomic mass is 35.5. The number of rotatable bonds is 8. The molecule has 1 unspecified atom stereocenters. The molecule has 2 atom stereocenters. The van der Waals surface area contributed by atoms with Gasteiger partial charge in [-0.1, -0.05) is 11.6 Å². The Hall–Kier alpha value is -2.66. The van der Waals surface area contributed by atoms with Crippen molar-refractivity contribution in [3.05, 3.63) is 45.6 Å². The number of nitrogens with zero attached hydrogens (tertiary/aromatic N) is 2. The van der Waals surface area contributed by atoms with E-state index in [0.717, 1.165) is 0 Å². The van der Waals surface area contributed by atoms with Gasteiger partial charge in [0.25, 0.3) is 11.8 Å². The second kappa shape index (κ2) is 10.5. The Labute approximate surface area is 199 Å². The van der Waals surface area contributed by atoms with Gasteiger partial charge >= 0.3 is 6.09 Å². The van der Waals surface area contributed by atoms with Gasteiger partial charge in [0.1, 0.15) is 12.2 Å². The summed E-state index contributed by atoms with van der Waals surface area (Å²) in [6.07, 6.45) is -0.554. The molecule has 2 aromatic rings. The first kappa shape index (κ1) is 23.5. The minimum Gasteiger partial charge on any atom is -0.442 e. The molecule has 4 rings (SSSR count). The van der Waals surface area contributed by atoms with Gasteiger partial charge in [0.2, 0.25) is 0 Å². The molecule has 176 valence electrons. The van der Waals surface area contributed by atoms with Crippen molar-refractivity contribution < 1.29 is 29.0 Å². The van der Waals surface area contributed by atoms with Gasteiger partial charge in [0, 0.05) is 24.5 Å². The van der Waals surface area contributed by atoms with Crippen LogP contribution in [0.1, 0.15) is 22.5 Å². The summed E-state index contributed by atoms with van der Waals surface area (Å²) in [5.41, 5.74) is 1.35. The summed E-state index contributed by atoms with van der Waals surface area (Å²) >= 11 is 7.04. The number of hydrogen-bond donors (Lipinski definition) is 2. The van der Waals surface area contributed by atoms with Crippen molar-refractivity contribution in [3.63, 3.8) is 0 Å². The smallest absolute Gasteiger partial charge is 0.414 e. The van der Waals surface area contributed by atoms with Crippen LogP contribution in [0.5, 0.6) is 0 Å². The van der Waals surface area contributed by atoms with E-state index in [2.05, 4.69) is 5.32 Å². The van der Waals surface area contributed by atoms with Gasteiger partial charge in [0.05, 0.1) is 28.9 Å². The fourth-order valence-electron chi connectivity index (χ4n) is 3.76. The van der Waals surface area contributed by atoms with Crippen molar-refractivity contribution in [2.45, 2.75) is 25.0 Å². The lowest BCUT2D eigenvalue weighted by Gasteiger charge is -2.32. The highest BCUT2D eigenvalue weighted by Gasteiger charge is 2.33. The Balaban J connectivity index is 1.34. The third-order valence-corrected chi connectivity index (χ3v) is 6.66. The first-order valence-corrected chi connectivity index (χ1v) is 11.8. The maximum Gasteiger partial charge on any atom is 0.414 e. The minimum atomic E-state index is -0.555. The molecule has 2 saturated heterocycles. The van der Waals surface area contributed by atoms with Crippen LogP contribution in [0.15, 0.2) is 36.4 Å². The molecule has 2 N–H and O–H groups in total. The van der Waals surface area contributed by atoms with Crippen LogP contribution in [-0.2, 0) is 14.3 Å². The van der Waals surface area contributed by atoms with Crippen molar-refractivity contribution in [2.24, 2.45) is 0 Å². The molecule has 0 aliphatic carbocycles. The molecule has 11 heteroatoms. The van der Waals surface area contributed by atoms with Crippen LogP contribution in [0, 0.1) is 0 Å². The number of aliphatic hydroxyl groups excluding tert-OH is 1. The summed E-state index contributed by atoms with van der Waals surface area (Å²) in [5.74, 6) is -0.399. The summed E-state index contributed by atoms with van der Waals surface area (Å²) in [6.45, 7) is 1.36. The lowest BCUT2D eigenvalue weighted by molar-refractivity contribution is -0.134. The molecule has 1 aromatic heterocycles. The lowest BCUT2D eigenvalue weighted by Crippen LogP contribution is -2.48. The summed E-state index contributed by atoms with van der Waals surface area (Å²) < 4.78 is 11.4. The van der Waals surface area contributed by atoms with E-state index < -0.39 is 18.3 Å². The number of benzene rings is 1. The average molecular weight is 494 g/mol. The number of morpholine rings is 1. The monoisotopic (exact) mass is 493 g/mol. The number of nitrogens with one attached hydrogen (secondary N) is 1. The van der Waals surface area contributed by atoms with Crippen molar-refractivity contribution >= 4 is 52.2 Å². The standard InChI is InChI=1S/C22H24ClN3O6S/c23-19-8-7-18(33-19)20(28)24-12-16-13-26(22(30)32-16)15-5-3-14(4-6-15)25-9-11-31-17(21(25)29)2-1-10-27/h3-8,16-17,27H,1-2,9-13H2,(H,24,28)/t16-,17?/m0/s1. The number of cyclic esters (lactones) is 1. The van der Waals surface area contributed by atoms with Gasteiger partial charge < -0.3 is 24.8 Å². The van der Waals surface area contributed by atoms with E-state index in [4.69, 9.17) is 26.2 Å². The first-order chi connectivity index (χ1) is 16.0. The van der Waals surface area contributed by atoms with Crippen LogP contribution in [-0.4, -0.2) is 68.1 Å². The average Bonchev–Trinajstić information content (AvgIpc) is 3.42. The topological polar surface area (TPSA) is 108 Å². The first-order valence-electron chi connectivity index (χ1n) is 10.6. The molecule has 3 amide bonds. The van der Waals surface area contributed by atoms with E-state index in [1.54, 1.807) is 41.3 Å². The van der Waals surface area contributed by atoms with Gasteiger partial charge in [-0.15, -0.1) is 11.3 Å². The van der Waals surface area contributed by atoms with Gasteiger partial charge in [0.15, 0.2) is 0 Å². The Morgan fingerprint density at radius 3 is 2.55 bits per heavy atom. The Bertz CT molecular complexity index is 1010. The molecule has 3 heterocycles. The fraction of sp³-hybridized carbons (Fsp3) is 0.409. The molecular formula is C22H24ClN3O6S. The number of carbonyl (C=O) groups is 3. The normalized spacial score (nSPS) is 20.8. The van der Waals surface area contributed by atoms with Crippen molar-refractivity contribution in [1.29, 1.82) is 0 Å². The molecule has 33 heavy (non-hydrogen) atoms. The summed E-state index contributed by atoms with van der Waals surface area (Å²) in [7, 11) is 0. The molecular weight excluding hydrogens is 470 g/mol. The predicted octanol–water partition coefficient (Wildman–Crippen LogP) is 2.66.